The van der Waals surface area contributed by atoms with Crippen molar-refractivity contribution in [3.8, 4) is 0 Å². The quantitative estimate of drug-likeness (QED) is 0.809. The van der Waals surface area contributed by atoms with Crippen molar-refractivity contribution < 1.29 is 4.79 Å². The summed E-state index contributed by atoms with van der Waals surface area (Å²) in [6.07, 6.45) is 14.2. The molecule has 0 spiro atoms. The van der Waals surface area contributed by atoms with Crippen LogP contribution >= 0.6 is 12.4 Å². The van der Waals surface area contributed by atoms with Crippen LogP contribution in [0.2, 0.25) is 0 Å². The Bertz CT molecular complexity index is 424. The van der Waals surface area contributed by atoms with Crippen LogP contribution in [0.25, 0.3) is 0 Å². The van der Waals surface area contributed by atoms with Crippen molar-refractivity contribution in [2.24, 2.45) is 23.7 Å². The number of nitrogens with zero attached hydrogens (tertiary/aromatic N) is 1. The third kappa shape index (κ3) is 4.09. The smallest absolute Gasteiger partial charge is 0.222 e. The zero-order chi connectivity index (χ0) is 15.6. The molecule has 0 aromatic heterocycles. The van der Waals surface area contributed by atoms with Gasteiger partial charge >= 0.3 is 0 Å². The highest BCUT2D eigenvalue weighted by atomic mass is 35.5. The van der Waals surface area contributed by atoms with Gasteiger partial charge in [-0.15, -0.1) is 12.4 Å². The van der Waals surface area contributed by atoms with E-state index in [-0.39, 0.29) is 12.4 Å². The Balaban J connectivity index is 0.00000169. The highest BCUT2D eigenvalue weighted by Crippen LogP contribution is 2.50. The molecule has 2 heterocycles. The Morgan fingerprint density at radius 1 is 1.04 bits per heavy atom. The Morgan fingerprint density at radius 2 is 1.88 bits per heavy atom. The van der Waals surface area contributed by atoms with Gasteiger partial charge in [0.25, 0.3) is 0 Å². The van der Waals surface area contributed by atoms with Crippen molar-refractivity contribution in [2.75, 3.05) is 19.6 Å². The molecule has 4 rings (SSSR count). The number of rotatable bonds is 5. The summed E-state index contributed by atoms with van der Waals surface area (Å²) in [5.41, 5.74) is 0. The van der Waals surface area contributed by atoms with Crippen molar-refractivity contribution >= 4 is 18.3 Å². The van der Waals surface area contributed by atoms with Gasteiger partial charge < -0.3 is 10.2 Å². The molecule has 2 aliphatic carbocycles. The van der Waals surface area contributed by atoms with Gasteiger partial charge in [-0.05, 0) is 94.5 Å². The first-order valence-electron chi connectivity index (χ1n) is 10.3. The van der Waals surface area contributed by atoms with E-state index in [2.05, 4.69) is 10.2 Å². The van der Waals surface area contributed by atoms with Crippen LogP contribution in [-0.4, -0.2) is 36.5 Å². The second kappa shape index (κ2) is 8.40. The molecule has 0 aromatic rings. The number of likely N-dealkylation sites (tertiary alicyclic amines) is 1. The first-order valence-corrected chi connectivity index (χ1v) is 10.3. The number of halogens is 1. The fraction of sp³-hybridized carbons (Fsp3) is 0.950. The number of fused-ring (bicyclic) bond motifs is 2. The van der Waals surface area contributed by atoms with Crippen LogP contribution in [-0.2, 0) is 4.79 Å². The molecule has 2 aliphatic heterocycles. The summed E-state index contributed by atoms with van der Waals surface area (Å²) in [5, 5.41) is 3.42. The van der Waals surface area contributed by atoms with Crippen molar-refractivity contribution in [1.29, 1.82) is 0 Å². The van der Waals surface area contributed by atoms with E-state index in [0.717, 1.165) is 56.1 Å². The van der Waals surface area contributed by atoms with Crippen LogP contribution < -0.4 is 5.32 Å². The summed E-state index contributed by atoms with van der Waals surface area (Å²) < 4.78 is 0. The molecule has 0 radical (unpaired) electrons. The molecule has 2 saturated carbocycles. The fourth-order valence-corrected chi connectivity index (χ4v) is 6.07. The predicted molar refractivity (Wildman–Crippen MR) is 100 cm³/mol. The molecule has 4 unspecified atom stereocenters. The summed E-state index contributed by atoms with van der Waals surface area (Å²) in [4.78, 5) is 15.0. The molecule has 4 heteroatoms. The summed E-state index contributed by atoms with van der Waals surface area (Å²) in [5.74, 6) is 4.24. The highest BCUT2D eigenvalue weighted by molar-refractivity contribution is 5.85. The molecule has 4 fully saturated rings. The number of hydrogen-bond acceptors (Lipinski definition) is 2. The summed E-state index contributed by atoms with van der Waals surface area (Å²) >= 11 is 0. The predicted octanol–water partition coefficient (Wildman–Crippen LogP) is 4.01. The molecule has 3 nitrogen and oxygen atoms in total. The van der Waals surface area contributed by atoms with Gasteiger partial charge in [0.05, 0.1) is 0 Å². The van der Waals surface area contributed by atoms with Crippen molar-refractivity contribution in [1.82, 2.24) is 10.2 Å². The maximum Gasteiger partial charge on any atom is 0.222 e. The molecule has 2 bridgehead atoms. The number of carbonyl (C=O) groups is 1. The lowest BCUT2D eigenvalue weighted by molar-refractivity contribution is -0.132. The van der Waals surface area contributed by atoms with Crippen LogP contribution in [0.5, 0.6) is 0 Å². The van der Waals surface area contributed by atoms with Gasteiger partial charge in [0.1, 0.15) is 0 Å². The first kappa shape index (κ1) is 18.5. The Labute approximate surface area is 153 Å². The summed E-state index contributed by atoms with van der Waals surface area (Å²) in [6.45, 7) is 3.33. The zero-order valence-electron chi connectivity index (χ0n) is 15.0. The monoisotopic (exact) mass is 354 g/mol. The summed E-state index contributed by atoms with van der Waals surface area (Å²) in [6, 6.07) is 0.583. The standard InChI is InChI=1S/C20H34N2O.ClH/c23-20(6-4-15-7-9-21-10-8-15)22-11-1-2-19(22)14-18-13-16-3-5-17(18)12-16;/h15-19,21H,1-14H2;1H. The molecule has 4 atom stereocenters. The van der Waals surface area contributed by atoms with E-state index in [0.29, 0.717) is 11.9 Å². The molecule has 1 amide bonds. The van der Waals surface area contributed by atoms with E-state index in [1.54, 1.807) is 0 Å². The minimum atomic E-state index is 0. The van der Waals surface area contributed by atoms with Crippen LogP contribution in [0, 0.1) is 23.7 Å². The third-order valence-corrected chi connectivity index (χ3v) is 7.38. The average molecular weight is 355 g/mol. The second-order valence-corrected chi connectivity index (χ2v) is 8.79. The Kier molecular flexibility index (Phi) is 6.48. The van der Waals surface area contributed by atoms with Crippen molar-refractivity contribution in [3.05, 3.63) is 0 Å². The largest absolute Gasteiger partial charge is 0.340 e. The number of nitrogens with one attached hydrogen (secondary N) is 1. The minimum Gasteiger partial charge on any atom is -0.340 e. The van der Waals surface area contributed by atoms with Crippen LogP contribution in [0.3, 0.4) is 0 Å². The maximum atomic E-state index is 12.7. The number of amides is 1. The van der Waals surface area contributed by atoms with E-state index in [1.165, 1.54) is 57.8 Å². The van der Waals surface area contributed by atoms with Gasteiger partial charge in [-0.2, -0.15) is 0 Å². The van der Waals surface area contributed by atoms with Crippen LogP contribution in [0.4, 0.5) is 0 Å². The van der Waals surface area contributed by atoms with E-state index >= 15 is 0 Å². The van der Waals surface area contributed by atoms with Gasteiger partial charge in [-0.3, -0.25) is 4.79 Å². The molecule has 24 heavy (non-hydrogen) atoms. The van der Waals surface area contributed by atoms with E-state index in [1.807, 2.05) is 0 Å². The number of hydrogen-bond donors (Lipinski definition) is 1. The minimum absolute atomic E-state index is 0. The lowest BCUT2D eigenvalue weighted by atomic mass is 9.83. The first-order chi connectivity index (χ1) is 11.3. The van der Waals surface area contributed by atoms with Crippen molar-refractivity contribution in [3.63, 3.8) is 0 Å². The third-order valence-electron chi connectivity index (χ3n) is 7.38. The number of carbonyl (C=O) groups excluding carboxylic acids is 1. The van der Waals surface area contributed by atoms with Crippen LogP contribution in [0.15, 0.2) is 0 Å². The van der Waals surface area contributed by atoms with Gasteiger partial charge in [0.15, 0.2) is 0 Å². The van der Waals surface area contributed by atoms with E-state index in [9.17, 15) is 4.79 Å². The van der Waals surface area contributed by atoms with E-state index < -0.39 is 0 Å². The van der Waals surface area contributed by atoms with E-state index in [4.69, 9.17) is 0 Å². The molecule has 2 saturated heterocycles. The molecule has 0 aromatic carbocycles. The average Bonchev–Trinajstić information content (AvgIpc) is 3.30. The Hall–Kier alpha value is -0.280. The SMILES string of the molecule is Cl.O=C(CCC1CCNCC1)N1CCCC1CC1CC2CCC1C2. The molecular weight excluding hydrogens is 320 g/mol. The fourth-order valence-electron chi connectivity index (χ4n) is 6.07. The number of piperidine rings is 1. The zero-order valence-corrected chi connectivity index (χ0v) is 15.9. The van der Waals surface area contributed by atoms with Crippen molar-refractivity contribution in [2.45, 2.75) is 76.7 Å². The maximum absolute atomic E-state index is 12.7. The lowest BCUT2D eigenvalue weighted by Gasteiger charge is -2.31. The highest BCUT2D eigenvalue weighted by Gasteiger charge is 2.42. The Morgan fingerprint density at radius 3 is 2.58 bits per heavy atom. The van der Waals surface area contributed by atoms with Gasteiger partial charge in [-0.25, -0.2) is 0 Å². The molecule has 138 valence electrons. The van der Waals surface area contributed by atoms with Gasteiger partial charge in [0, 0.05) is 19.0 Å². The lowest BCUT2D eigenvalue weighted by Crippen LogP contribution is -2.37. The van der Waals surface area contributed by atoms with Crippen LogP contribution in [0.1, 0.15) is 70.6 Å². The summed E-state index contributed by atoms with van der Waals surface area (Å²) in [7, 11) is 0. The normalized spacial score (nSPS) is 36.1. The molecular formula is C20H35ClN2O. The van der Waals surface area contributed by atoms with Gasteiger partial charge in [-0.1, -0.05) is 6.42 Å². The topological polar surface area (TPSA) is 32.3 Å². The molecule has 1 N–H and O–H groups in total. The van der Waals surface area contributed by atoms with Gasteiger partial charge in [0.2, 0.25) is 5.91 Å². The molecule has 4 aliphatic rings. The second-order valence-electron chi connectivity index (χ2n) is 8.79.